The summed E-state index contributed by atoms with van der Waals surface area (Å²) in [6.07, 6.45) is 2.05. The minimum absolute atomic E-state index is 0.00306. The molecule has 0 bridgehead atoms. The van der Waals surface area contributed by atoms with Gasteiger partial charge in [0.25, 0.3) is 5.91 Å². The Kier molecular flexibility index (Phi) is 5.55. The molecule has 1 aliphatic rings. The van der Waals surface area contributed by atoms with E-state index >= 15 is 0 Å². The van der Waals surface area contributed by atoms with Gasteiger partial charge >= 0.3 is 0 Å². The van der Waals surface area contributed by atoms with Crippen molar-refractivity contribution in [2.45, 2.75) is 45.3 Å². The summed E-state index contributed by atoms with van der Waals surface area (Å²) in [6.45, 7) is 4.37. The molecule has 0 aromatic heterocycles. The number of amides is 2. The van der Waals surface area contributed by atoms with E-state index < -0.39 is 6.10 Å². The van der Waals surface area contributed by atoms with Gasteiger partial charge in [0, 0.05) is 18.2 Å². The number of likely N-dealkylation sites (tertiary alicyclic amines) is 1. The molecular formula is C17H24N2O3. The van der Waals surface area contributed by atoms with Gasteiger partial charge in [-0.25, -0.2) is 0 Å². The SMILES string of the molecule is Cc1cccc(C(=O)NCC(=O)N2CCC[C@@H]2C[C@@H](C)O)c1. The number of nitrogens with zero attached hydrogens (tertiary/aromatic N) is 1. The summed E-state index contributed by atoms with van der Waals surface area (Å²) in [4.78, 5) is 26.1. The van der Waals surface area contributed by atoms with Crippen molar-refractivity contribution in [3.8, 4) is 0 Å². The van der Waals surface area contributed by atoms with Crippen LogP contribution < -0.4 is 5.32 Å². The highest BCUT2D eigenvalue weighted by Gasteiger charge is 2.29. The van der Waals surface area contributed by atoms with Crippen LogP contribution in [-0.4, -0.2) is 47.1 Å². The van der Waals surface area contributed by atoms with Crippen molar-refractivity contribution in [1.29, 1.82) is 0 Å². The average molecular weight is 304 g/mol. The number of aryl methyl sites for hydroxylation is 1. The van der Waals surface area contributed by atoms with Crippen molar-refractivity contribution >= 4 is 11.8 Å². The van der Waals surface area contributed by atoms with E-state index in [2.05, 4.69) is 5.32 Å². The Hall–Kier alpha value is -1.88. The first-order valence-corrected chi connectivity index (χ1v) is 7.80. The van der Waals surface area contributed by atoms with E-state index in [1.165, 1.54) is 0 Å². The van der Waals surface area contributed by atoms with Gasteiger partial charge in [0.1, 0.15) is 0 Å². The molecule has 0 aliphatic carbocycles. The standard InChI is InChI=1S/C17H24N2O3/c1-12-5-3-6-14(9-12)17(22)18-11-16(21)19-8-4-7-15(19)10-13(2)20/h3,5-6,9,13,15,20H,4,7-8,10-11H2,1-2H3,(H,18,22)/t13-,15-/m1/s1. The van der Waals surface area contributed by atoms with Crippen LogP contribution in [0.2, 0.25) is 0 Å². The van der Waals surface area contributed by atoms with E-state index in [4.69, 9.17) is 0 Å². The normalized spacial score (nSPS) is 19.0. The minimum Gasteiger partial charge on any atom is -0.393 e. The molecule has 1 heterocycles. The van der Waals surface area contributed by atoms with Gasteiger partial charge in [-0.1, -0.05) is 17.7 Å². The number of aliphatic hydroxyl groups excluding tert-OH is 1. The second-order valence-electron chi connectivity index (χ2n) is 6.02. The molecular weight excluding hydrogens is 280 g/mol. The van der Waals surface area contributed by atoms with Crippen LogP contribution in [0.5, 0.6) is 0 Å². The predicted molar refractivity (Wildman–Crippen MR) is 84.5 cm³/mol. The van der Waals surface area contributed by atoms with Gasteiger partial charge in [-0.3, -0.25) is 9.59 Å². The first-order valence-electron chi connectivity index (χ1n) is 7.80. The number of hydrogen-bond donors (Lipinski definition) is 2. The summed E-state index contributed by atoms with van der Waals surface area (Å²) in [6, 6.07) is 7.37. The summed E-state index contributed by atoms with van der Waals surface area (Å²) in [5.74, 6) is -0.313. The van der Waals surface area contributed by atoms with Gasteiger partial charge in [-0.15, -0.1) is 0 Å². The van der Waals surface area contributed by atoms with Crippen LogP contribution in [0.4, 0.5) is 0 Å². The highest BCUT2D eigenvalue weighted by atomic mass is 16.3. The number of carbonyl (C=O) groups is 2. The van der Waals surface area contributed by atoms with Crippen LogP contribution in [0.25, 0.3) is 0 Å². The number of carbonyl (C=O) groups excluding carboxylic acids is 2. The Morgan fingerprint density at radius 1 is 1.45 bits per heavy atom. The number of hydrogen-bond acceptors (Lipinski definition) is 3. The van der Waals surface area contributed by atoms with Gasteiger partial charge in [-0.05, 0) is 45.2 Å². The molecule has 120 valence electrons. The van der Waals surface area contributed by atoms with Gasteiger partial charge in [0.15, 0.2) is 0 Å². The molecule has 0 saturated carbocycles. The lowest BCUT2D eigenvalue weighted by atomic mass is 10.1. The Balaban J connectivity index is 1.88. The molecule has 0 spiro atoms. The zero-order valence-corrected chi connectivity index (χ0v) is 13.2. The lowest BCUT2D eigenvalue weighted by Crippen LogP contribution is -2.43. The smallest absolute Gasteiger partial charge is 0.251 e. The quantitative estimate of drug-likeness (QED) is 0.866. The number of rotatable bonds is 5. The third kappa shape index (κ3) is 4.31. The van der Waals surface area contributed by atoms with E-state index in [0.29, 0.717) is 18.5 Å². The molecule has 5 nitrogen and oxygen atoms in total. The minimum atomic E-state index is -0.416. The first kappa shape index (κ1) is 16.5. The third-order valence-electron chi connectivity index (χ3n) is 3.99. The monoisotopic (exact) mass is 304 g/mol. The summed E-state index contributed by atoms with van der Waals surface area (Å²) in [5.41, 5.74) is 1.57. The number of aliphatic hydroxyl groups is 1. The summed E-state index contributed by atoms with van der Waals surface area (Å²) < 4.78 is 0. The fourth-order valence-electron chi connectivity index (χ4n) is 2.95. The molecule has 2 amide bonds. The molecule has 0 radical (unpaired) electrons. The van der Waals surface area contributed by atoms with Gasteiger partial charge in [0.05, 0.1) is 12.6 Å². The molecule has 22 heavy (non-hydrogen) atoms. The van der Waals surface area contributed by atoms with E-state index in [0.717, 1.165) is 18.4 Å². The summed E-state index contributed by atoms with van der Waals surface area (Å²) in [5, 5.41) is 12.2. The van der Waals surface area contributed by atoms with E-state index in [1.807, 2.05) is 19.1 Å². The van der Waals surface area contributed by atoms with Crippen molar-refractivity contribution in [2.75, 3.05) is 13.1 Å². The van der Waals surface area contributed by atoms with E-state index in [1.54, 1.807) is 24.0 Å². The maximum absolute atomic E-state index is 12.3. The van der Waals surface area contributed by atoms with Crippen molar-refractivity contribution in [3.05, 3.63) is 35.4 Å². The Labute approximate surface area is 131 Å². The largest absolute Gasteiger partial charge is 0.393 e. The Bertz CT molecular complexity index is 542. The molecule has 0 unspecified atom stereocenters. The number of benzene rings is 1. The molecule has 1 aromatic carbocycles. The van der Waals surface area contributed by atoms with Gasteiger partial charge in [0.2, 0.25) is 5.91 Å². The molecule has 2 atom stereocenters. The Morgan fingerprint density at radius 2 is 2.23 bits per heavy atom. The predicted octanol–water partition coefficient (Wildman–Crippen LogP) is 1.49. The van der Waals surface area contributed by atoms with Crippen LogP contribution in [0.1, 0.15) is 42.1 Å². The highest BCUT2D eigenvalue weighted by molar-refractivity contribution is 5.96. The maximum atomic E-state index is 12.3. The first-order chi connectivity index (χ1) is 10.5. The Morgan fingerprint density at radius 3 is 2.91 bits per heavy atom. The summed E-state index contributed by atoms with van der Waals surface area (Å²) >= 11 is 0. The lowest BCUT2D eigenvalue weighted by Gasteiger charge is -2.25. The highest BCUT2D eigenvalue weighted by Crippen LogP contribution is 2.21. The topological polar surface area (TPSA) is 69.6 Å². The van der Waals surface area contributed by atoms with Crippen molar-refractivity contribution in [3.63, 3.8) is 0 Å². The lowest BCUT2D eigenvalue weighted by molar-refractivity contribution is -0.131. The van der Waals surface area contributed by atoms with Crippen LogP contribution in [-0.2, 0) is 4.79 Å². The fourth-order valence-corrected chi connectivity index (χ4v) is 2.95. The molecule has 1 saturated heterocycles. The molecule has 5 heteroatoms. The van der Waals surface area contributed by atoms with Crippen LogP contribution in [0, 0.1) is 6.92 Å². The molecule has 1 aliphatic heterocycles. The van der Waals surface area contributed by atoms with E-state index in [-0.39, 0.29) is 24.4 Å². The second kappa shape index (κ2) is 7.40. The fraction of sp³-hybridized carbons (Fsp3) is 0.529. The van der Waals surface area contributed by atoms with Crippen molar-refractivity contribution < 1.29 is 14.7 Å². The van der Waals surface area contributed by atoms with Crippen LogP contribution >= 0.6 is 0 Å². The molecule has 1 aromatic rings. The molecule has 1 fully saturated rings. The van der Waals surface area contributed by atoms with Gasteiger partial charge in [-0.2, -0.15) is 0 Å². The number of nitrogens with one attached hydrogen (secondary N) is 1. The van der Waals surface area contributed by atoms with Crippen LogP contribution in [0.15, 0.2) is 24.3 Å². The average Bonchev–Trinajstić information content (AvgIpc) is 2.91. The van der Waals surface area contributed by atoms with E-state index in [9.17, 15) is 14.7 Å². The summed E-state index contributed by atoms with van der Waals surface area (Å²) in [7, 11) is 0. The molecule has 2 rings (SSSR count). The van der Waals surface area contributed by atoms with Crippen molar-refractivity contribution in [2.24, 2.45) is 0 Å². The second-order valence-corrected chi connectivity index (χ2v) is 6.02. The van der Waals surface area contributed by atoms with Crippen molar-refractivity contribution in [1.82, 2.24) is 10.2 Å². The molecule has 2 N–H and O–H groups in total. The maximum Gasteiger partial charge on any atom is 0.251 e. The zero-order chi connectivity index (χ0) is 16.1. The zero-order valence-electron chi connectivity index (χ0n) is 13.2. The third-order valence-corrected chi connectivity index (χ3v) is 3.99. The van der Waals surface area contributed by atoms with Gasteiger partial charge < -0.3 is 15.3 Å². The van der Waals surface area contributed by atoms with Crippen LogP contribution in [0.3, 0.4) is 0 Å².